The van der Waals surface area contributed by atoms with Gasteiger partial charge >= 0.3 is 0 Å². The Morgan fingerprint density at radius 2 is 1.89 bits per heavy atom. The predicted molar refractivity (Wildman–Crippen MR) is 137 cm³/mol. The number of nitrogens with one attached hydrogen (secondary N) is 1. The molecule has 0 unspecified atom stereocenters. The van der Waals surface area contributed by atoms with Gasteiger partial charge < -0.3 is 19.7 Å². The molecule has 0 radical (unpaired) electrons. The Labute approximate surface area is 209 Å². The third-order valence-electron chi connectivity index (χ3n) is 7.54. The normalized spacial score (nSPS) is 19.6. The second kappa shape index (κ2) is 9.73. The van der Waals surface area contributed by atoms with Crippen LogP contribution in [-0.2, 0) is 16.0 Å². The van der Waals surface area contributed by atoms with Crippen molar-refractivity contribution in [2.75, 3.05) is 32.7 Å². The molecule has 188 valence electrons. The van der Waals surface area contributed by atoms with Crippen molar-refractivity contribution in [1.29, 1.82) is 0 Å². The van der Waals surface area contributed by atoms with E-state index in [2.05, 4.69) is 23.7 Å². The number of hydrogen-bond acceptors (Lipinski definition) is 5. The Bertz CT molecular complexity index is 1310. The van der Waals surface area contributed by atoms with Gasteiger partial charge in [0.15, 0.2) is 0 Å². The van der Waals surface area contributed by atoms with Gasteiger partial charge in [-0.3, -0.25) is 19.7 Å². The summed E-state index contributed by atoms with van der Waals surface area (Å²) in [6.45, 7) is 7.57. The number of rotatable bonds is 8. The molecule has 0 saturated carbocycles. The van der Waals surface area contributed by atoms with Crippen LogP contribution in [0, 0.1) is 10.1 Å². The van der Waals surface area contributed by atoms with Crippen molar-refractivity contribution in [2.45, 2.75) is 38.8 Å². The zero-order chi connectivity index (χ0) is 25.4. The van der Waals surface area contributed by atoms with Crippen molar-refractivity contribution >= 4 is 28.4 Å². The third-order valence-corrected chi connectivity index (χ3v) is 7.54. The number of fused-ring (bicyclic) bond motifs is 4. The van der Waals surface area contributed by atoms with Gasteiger partial charge in [-0.2, -0.15) is 0 Å². The maximum Gasteiger partial charge on any atom is 0.269 e. The largest absolute Gasteiger partial charge is 0.356 e. The summed E-state index contributed by atoms with van der Waals surface area (Å²) in [6, 6.07) is 13.0. The number of non-ortho nitro benzene ring substituents is 1. The van der Waals surface area contributed by atoms with Crippen molar-refractivity contribution in [2.24, 2.45) is 0 Å². The maximum absolute atomic E-state index is 13.7. The van der Waals surface area contributed by atoms with E-state index < -0.39 is 17.0 Å². The number of nitro benzene ring substituents is 1. The summed E-state index contributed by atoms with van der Waals surface area (Å²) < 4.78 is 0. The van der Waals surface area contributed by atoms with Gasteiger partial charge in [0.25, 0.3) is 5.69 Å². The van der Waals surface area contributed by atoms with E-state index in [9.17, 15) is 19.7 Å². The van der Waals surface area contributed by atoms with Crippen LogP contribution < -0.4 is 0 Å². The molecule has 0 bridgehead atoms. The Kier molecular flexibility index (Phi) is 6.49. The van der Waals surface area contributed by atoms with E-state index in [0.717, 1.165) is 48.2 Å². The first-order chi connectivity index (χ1) is 17.4. The molecule has 9 heteroatoms. The fraction of sp³-hybridized carbons (Fsp3) is 0.407. The lowest BCUT2D eigenvalue weighted by Gasteiger charge is -2.47. The first-order valence-electron chi connectivity index (χ1n) is 12.6. The quantitative estimate of drug-likeness (QED) is 0.385. The van der Waals surface area contributed by atoms with Crippen LogP contribution >= 0.6 is 0 Å². The molecule has 1 fully saturated rings. The van der Waals surface area contributed by atoms with Crippen LogP contribution in [0.15, 0.2) is 48.5 Å². The molecule has 36 heavy (non-hydrogen) atoms. The number of nitrogens with zero attached hydrogens (tertiary/aromatic N) is 4. The van der Waals surface area contributed by atoms with Crippen LogP contribution in [0.5, 0.6) is 0 Å². The summed E-state index contributed by atoms with van der Waals surface area (Å²) in [5.41, 5.74) is 3.33. The van der Waals surface area contributed by atoms with Crippen molar-refractivity contribution < 1.29 is 14.5 Å². The fourth-order valence-electron chi connectivity index (χ4n) is 5.69. The first-order valence-corrected chi connectivity index (χ1v) is 12.6. The number of nitro groups is 1. The second-order valence-electron chi connectivity index (χ2n) is 9.48. The Balaban J connectivity index is 1.53. The van der Waals surface area contributed by atoms with E-state index in [1.807, 2.05) is 24.3 Å². The molecule has 2 aliphatic heterocycles. The minimum absolute atomic E-state index is 0.0224. The lowest BCUT2D eigenvalue weighted by molar-refractivity contribution is -0.384. The Morgan fingerprint density at radius 3 is 2.64 bits per heavy atom. The molecular formula is C27H31N5O4. The summed E-state index contributed by atoms with van der Waals surface area (Å²) in [4.78, 5) is 47.5. The third kappa shape index (κ3) is 4.13. The number of hydrogen-bond donors (Lipinski definition) is 1. The second-order valence-corrected chi connectivity index (χ2v) is 9.48. The molecule has 5 rings (SSSR count). The number of benzene rings is 2. The highest BCUT2D eigenvalue weighted by Gasteiger charge is 2.48. The zero-order valence-corrected chi connectivity index (χ0v) is 20.6. The van der Waals surface area contributed by atoms with Crippen molar-refractivity contribution in [3.8, 4) is 0 Å². The lowest BCUT2D eigenvalue weighted by atomic mass is 9.86. The summed E-state index contributed by atoms with van der Waals surface area (Å²) in [5, 5.41) is 12.5. The highest BCUT2D eigenvalue weighted by atomic mass is 16.6. The van der Waals surface area contributed by atoms with Gasteiger partial charge in [0.05, 0.1) is 17.5 Å². The minimum Gasteiger partial charge on any atom is -0.356 e. The van der Waals surface area contributed by atoms with Gasteiger partial charge in [0, 0.05) is 41.7 Å². The van der Waals surface area contributed by atoms with Crippen molar-refractivity contribution in [1.82, 2.24) is 19.7 Å². The summed E-state index contributed by atoms with van der Waals surface area (Å²) in [6.07, 6.45) is 1.22. The molecule has 2 aromatic carbocycles. The highest BCUT2D eigenvalue weighted by molar-refractivity contribution is 5.97. The minimum atomic E-state index is -0.643. The van der Waals surface area contributed by atoms with Crippen molar-refractivity contribution in [3.63, 3.8) is 0 Å². The highest BCUT2D eigenvalue weighted by Crippen LogP contribution is 2.43. The molecule has 3 aromatic rings. The van der Waals surface area contributed by atoms with Crippen molar-refractivity contribution in [3.05, 3.63) is 75.5 Å². The number of carbonyl (C=O) groups excluding carboxylic acids is 2. The topological polar surface area (TPSA) is 103 Å². The first kappa shape index (κ1) is 24.0. The van der Waals surface area contributed by atoms with E-state index in [0.29, 0.717) is 18.5 Å². The number of amides is 2. The van der Waals surface area contributed by atoms with Gasteiger partial charge in [0.2, 0.25) is 11.8 Å². The number of carbonyl (C=O) groups is 2. The van der Waals surface area contributed by atoms with Gasteiger partial charge in [-0.1, -0.05) is 44.2 Å². The Hall–Kier alpha value is -3.72. The van der Waals surface area contributed by atoms with Crippen LogP contribution in [0.3, 0.4) is 0 Å². The van der Waals surface area contributed by atoms with E-state index in [4.69, 9.17) is 0 Å². The summed E-state index contributed by atoms with van der Waals surface area (Å²) in [5.74, 6) is -0.191. The SMILES string of the molecule is CCN(CC)CCCN1CC(=O)N2[C@H](c3cccc([N+](=O)[O-])c3)c3[nH]c4ccccc4c3C[C@@H]2C1=O. The molecular weight excluding hydrogens is 458 g/mol. The summed E-state index contributed by atoms with van der Waals surface area (Å²) in [7, 11) is 0. The van der Waals surface area contributed by atoms with Crippen LogP contribution in [-0.4, -0.2) is 75.2 Å². The molecule has 0 aliphatic carbocycles. The molecule has 0 spiro atoms. The van der Waals surface area contributed by atoms with Crippen LogP contribution in [0.2, 0.25) is 0 Å². The number of aromatic nitrogens is 1. The molecule has 2 amide bonds. The maximum atomic E-state index is 13.7. The van der Waals surface area contributed by atoms with Gasteiger partial charge in [-0.25, -0.2) is 0 Å². The molecule has 1 saturated heterocycles. The molecule has 9 nitrogen and oxygen atoms in total. The number of aromatic amines is 1. The summed E-state index contributed by atoms with van der Waals surface area (Å²) >= 11 is 0. The van der Waals surface area contributed by atoms with E-state index >= 15 is 0 Å². The molecule has 1 aromatic heterocycles. The number of para-hydroxylation sites is 1. The number of piperazine rings is 1. The number of H-pyrrole nitrogens is 1. The smallest absolute Gasteiger partial charge is 0.269 e. The molecule has 1 N–H and O–H groups in total. The van der Waals surface area contributed by atoms with E-state index in [1.165, 1.54) is 12.1 Å². The van der Waals surface area contributed by atoms with Crippen LogP contribution in [0.1, 0.15) is 43.1 Å². The lowest BCUT2D eigenvalue weighted by Crippen LogP contribution is -2.63. The Morgan fingerprint density at radius 1 is 1.11 bits per heavy atom. The van der Waals surface area contributed by atoms with Gasteiger partial charge in [-0.15, -0.1) is 0 Å². The van der Waals surface area contributed by atoms with Gasteiger partial charge in [0.1, 0.15) is 6.04 Å². The molecule has 3 heterocycles. The van der Waals surface area contributed by atoms with Crippen LogP contribution in [0.25, 0.3) is 10.9 Å². The molecule has 2 atom stereocenters. The predicted octanol–water partition coefficient (Wildman–Crippen LogP) is 3.49. The zero-order valence-electron chi connectivity index (χ0n) is 20.6. The van der Waals surface area contributed by atoms with E-state index in [1.54, 1.807) is 21.9 Å². The average molecular weight is 490 g/mol. The van der Waals surface area contributed by atoms with Gasteiger partial charge in [-0.05, 0) is 43.2 Å². The average Bonchev–Trinajstić information content (AvgIpc) is 3.26. The fourth-order valence-corrected chi connectivity index (χ4v) is 5.69. The molecule has 2 aliphatic rings. The standard InChI is InChI=1S/C27H31N5O4/c1-3-29(4-2)13-8-14-30-17-24(33)31-23(27(30)34)16-21-20-11-5-6-12-22(20)28-25(21)26(31)18-9-7-10-19(15-18)32(35)36/h5-7,9-12,15,23,26,28H,3-4,8,13-14,16-17H2,1-2H3/t23-,26-/m1/s1. The van der Waals surface area contributed by atoms with Crippen LogP contribution in [0.4, 0.5) is 5.69 Å². The van der Waals surface area contributed by atoms with E-state index in [-0.39, 0.29) is 24.0 Å². The monoisotopic (exact) mass is 489 g/mol.